The van der Waals surface area contributed by atoms with E-state index in [1.54, 1.807) is 30.3 Å². The summed E-state index contributed by atoms with van der Waals surface area (Å²) < 4.78 is 28.8. The van der Waals surface area contributed by atoms with E-state index in [0.29, 0.717) is 12.1 Å². The highest BCUT2D eigenvalue weighted by atomic mass is 127. The van der Waals surface area contributed by atoms with Crippen LogP contribution in [0.15, 0.2) is 51.8 Å². The van der Waals surface area contributed by atoms with E-state index in [0.717, 1.165) is 9.13 Å². The number of nitrogens with zero attached hydrogens (tertiary/aromatic N) is 1. The van der Waals surface area contributed by atoms with Crippen molar-refractivity contribution in [2.75, 3.05) is 11.9 Å². The molecule has 9 heteroatoms. The molecule has 1 amide bonds. The second-order valence-corrected chi connectivity index (χ2v) is 8.17. The Morgan fingerprint density at radius 2 is 2.04 bits per heavy atom. The first-order valence-corrected chi connectivity index (χ1v) is 9.85. The molecule has 0 radical (unpaired) electrons. The van der Waals surface area contributed by atoms with Crippen molar-refractivity contribution in [1.29, 1.82) is 0 Å². The van der Waals surface area contributed by atoms with Crippen LogP contribution in [0.25, 0.3) is 0 Å². The first-order chi connectivity index (χ1) is 11.8. The van der Waals surface area contributed by atoms with Gasteiger partial charge < -0.3 is 15.7 Å². The number of fused-ring (bicyclic) bond motifs is 1. The number of rotatable bonds is 4. The van der Waals surface area contributed by atoms with Crippen LogP contribution in [0.3, 0.4) is 0 Å². The van der Waals surface area contributed by atoms with Crippen molar-refractivity contribution < 1.29 is 18.3 Å². The van der Waals surface area contributed by atoms with Gasteiger partial charge in [-0.3, -0.25) is 4.79 Å². The molecular weight excluding hydrogens is 457 g/mol. The van der Waals surface area contributed by atoms with Crippen molar-refractivity contribution in [3.8, 4) is 5.75 Å². The lowest BCUT2D eigenvalue weighted by Gasteiger charge is -2.17. The van der Waals surface area contributed by atoms with E-state index in [9.17, 15) is 18.3 Å². The lowest BCUT2D eigenvalue weighted by molar-refractivity contribution is -0.114. The number of benzene rings is 2. The number of anilines is 1. The zero-order chi connectivity index (χ0) is 18.0. The number of carbonyl (C=O) groups is 1. The zero-order valence-electron chi connectivity index (χ0n) is 12.9. The van der Waals surface area contributed by atoms with E-state index < -0.39 is 15.9 Å². The minimum Gasteiger partial charge on any atom is -0.508 e. The van der Waals surface area contributed by atoms with Gasteiger partial charge in [0.05, 0.1) is 5.69 Å². The normalized spacial score (nSPS) is 14.8. The quantitative estimate of drug-likeness (QED) is 0.591. The van der Waals surface area contributed by atoms with Gasteiger partial charge in [0, 0.05) is 10.1 Å². The third kappa shape index (κ3) is 4.10. The highest BCUT2D eigenvalue weighted by Gasteiger charge is 2.28. The maximum atomic E-state index is 12.2. The Hall–Kier alpha value is -2.14. The number of phenols is 1. The molecule has 25 heavy (non-hydrogen) atoms. The molecule has 0 aromatic heterocycles. The van der Waals surface area contributed by atoms with Crippen molar-refractivity contribution >= 4 is 50.0 Å². The number of nitrogens with one attached hydrogen (secondary N) is 2. The number of amidine groups is 1. The summed E-state index contributed by atoms with van der Waals surface area (Å²) in [4.78, 5) is 12.3. The molecule has 0 spiro atoms. The minimum absolute atomic E-state index is 0.0516. The Balaban J connectivity index is 1.69. The molecule has 0 saturated carbocycles. The van der Waals surface area contributed by atoms with E-state index >= 15 is 0 Å². The number of phenolic OH excluding ortho intramolecular Hbond substituents is 1. The number of hydrogen-bond acceptors (Lipinski definition) is 5. The Labute approximate surface area is 158 Å². The Morgan fingerprint density at radius 1 is 1.24 bits per heavy atom. The van der Waals surface area contributed by atoms with Crippen LogP contribution in [0.2, 0.25) is 0 Å². The summed E-state index contributed by atoms with van der Waals surface area (Å²) in [5.74, 6) is -0.711. The topological polar surface area (TPSA) is 108 Å². The predicted molar refractivity (Wildman–Crippen MR) is 102 cm³/mol. The zero-order valence-corrected chi connectivity index (χ0v) is 15.8. The van der Waals surface area contributed by atoms with Crippen LogP contribution < -0.4 is 10.6 Å². The van der Waals surface area contributed by atoms with Gasteiger partial charge in [-0.25, -0.2) is 0 Å². The Morgan fingerprint density at radius 3 is 2.80 bits per heavy atom. The fourth-order valence-corrected chi connectivity index (χ4v) is 4.19. The molecule has 2 aromatic rings. The largest absolute Gasteiger partial charge is 0.508 e. The standard InChI is InChI=1S/C16H14IN3O4S/c17-11-4-5-13-14(9-11)25(23,24)20-15(19-13)16(22)18-7-6-10-2-1-3-12(21)8-10/h1-5,8-9,21H,6-7H2,(H,18,22)(H,19,20). The van der Waals surface area contributed by atoms with Gasteiger partial charge in [0.25, 0.3) is 15.9 Å². The van der Waals surface area contributed by atoms with Crippen LogP contribution >= 0.6 is 22.6 Å². The monoisotopic (exact) mass is 471 g/mol. The molecule has 0 fully saturated rings. The second kappa shape index (κ2) is 7.00. The highest BCUT2D eigenvalue weighted by molar-refractivity contribution is 14.1. The summed E-state index contributed by atoms with van der Waals surface area (Å²) in [5, 5.41) is 14.8. The molecule has 7 nitrogen and oxygen atoms in total. The van der Waals surface area contributed by atoms with Gasteiger partial charge in [-0.1, -0.05) is 12.1 Å². The molecule has 1 aliphatic rings. The second-order valence-electron chi connectivity index (χ2n) is 5.36. The summed E-state index contributed by atoms with van der Waals surface area (Å²) in [6.45, 7) is 0.280. The maximum Gasteiger partial charge on any atom is 0.287 e. The average Bonchev–Trinajstić information content (AvgIpc) is 2.55. The summed E-state index contributed by atoms with van der Waals surface area (Å²) in [6, 6.07) is 11.5. The molecule has 3 rings (SSSR count). The van der Waals surface area contributed by atoms with Crippen LogP contribution in [-0.2, 0) is 21.2 Å². The Bertz CT molecular complexity index is 973. The van der Waals surface area contributed by atoms with E-state index in [-0.39, 0.29) is 23.0 Å². The number of sulfonamides is 1. The van der Waals surface area contributed by atoms with E-state index in [4.69, 9.17) is 0 Å². The van der Waals surface area contributed by atoms with Gasteiger partial charge in [0.15, 0.2) is 0 Å². The fraction of sp³-hybridized carbons (Fsp3) is 0.125. The smallest absolute Gasteiger partial charge is 0.287 e. The average molecular weight is 471 g/mol. The van der Waals surface area contributed by atoms with Gasteiger partial charge in [-0.05, 0) is 64.9 Å². The first-order valence-electron chi connectivity index (χ1n) is 7.33. The van der Waals surface area contributed by atoms with Gasteiger partial charge in [0.2, 0.25) is 5.84 Å². The van der Waals surface area contributed by atoms with Crippen LogP contribution in [-0.4, -0.2) is 31.8 Å². The predicted octanol–water partition coefficient (Wildman–Crippen LogP) is 1.87. The van der Waals surface area contributed by atoms with Gasteiger partial charge in [-0.15, -0.1) is 4.40 Å². The van der Waals surface area contributed by atoms with Gasteiger partial charge >= 0.3 is 0 Å². The molecule has 3 N–H and O–H groups in total. The Kier molecular flexibility index (Phi) is 4.95. The number of hydrogen-bond donors (Lipinski definition) is 3. The lowest BCUT2D eigenvalue weighted by Crippen LogP contribution is -2.39. The molecule has 0 saturated heterocycles. The summed E-state index contributed by atoms with van der Waals surface area (Å²) >= 11 is 2.01. The number of amides is 1. The van der Waals surface area contributed by atoms with E-state index in [2.05, 4.69) is 15.0 Å². The third-order valence-corrected chi connectivity index (χ3v) is 5.50. The summed E-state index contributed by atoms with van der Waals surface area (Å²) in [6.07, 6.45) is 0.495. The molecule has 2 aromatic carbocycles. The molecule has 1 aliphatic heterocycles. The summed E-state index contributed by atoms with van der Waals surface area (Å²) in [7, 11) is -3.91. The van der Waals surface area contributed by atoms with Crippen molar-refractivity contribution in [2.45, 2.75) is 11.3 Å². The maximum absolute atomic E-state index is 12.2. The van der Waals surface area contributed by atoms with Crippen molar-refractivity contribution in [1.82, 2.24) is 5.32 Å². The molecule has 0 atom stereocenters. The van der Waals surface area contributed by atoms with E-state index in [1.807, 2.05) is 28.7 Å². The summed E-state index contributed by atoms with van der Waals surface area (Å²) in [5.41, 5.74) is 1.18. The molecule has 130 valence electrons. The highest BCUT2D eigenvalue weighted by Crippen LogP contribution is 2.28. The molecule has 0 bridgehead atoms. The van der Waals surface area contributed by atoms with Crippen LogP contribution in [0, 0.1) is 3.57 Å². The number of halogens is 1. The van der Waals surface area contributed by atoms with Gasteiger partial charge in [0.1, 0.15) is 10.6 Å². The van der Waals surface area contributed by atoms with Crippen molar-refractivity contribution in [3.05, 3.63) is 51.6 Å². The number of aromatic hydroxyl groups is 1. The molecule has 1 heterocycles. The number of carbonyl (C=O) groups excluding carboxylic acids is 1. The molecule has 0 aliphatic carbocycles. The van der Waals surface area contributed by atoms with Crippen LogP contribution in [0.5, 0.6) is 5.75 Å². The van der Waals surface area contributed by atoms with Crippen LogP contribution in [0.4, 0.5) is 5.69 Å². The third-order valence-electron chi connectivity index (χ3n) is 3.51. The lowest BCUT2D eigenvalue weighted by atomic mass is 10.1. The van der Waals surface area contributed by atoms with Crippen LogP contribution in [0.1, 0.15) is 5.56 Å². The fourth-order valence-electron chi connectivity index (χ4n) is 2.35. The minimum atomic E-state index is -3.91. The molecule has 0 unspecified atom stereocenters. The van der Waals surface area contributed by atoms with Gasteiger partial charge in [-0.2, -0.15) is 8.42 Å². The first kappa shape index (κ1) is 17.7. The SMILES string of the molecule is O=C(NCCc1cccc(O)c1)C1=NS(=O)(=O)c2cc(I)ccc2N1. The van der Waals surface area contributed by atoms with E-state index in [1.165, 1.54) is 6.07 Å². The molecular formula is C16H14IN3O4S. The van der Waals surface area contributed by atoms with Crippen molar-refractivity contribution in [2.24, 2.45) is 4.40 Å². The van der Waals surface area contributed by atoms with Crippen molar-refractivity contribution in [3.63, 3.8) is 0 Å².